The van der Waals surface area contributed by atoms with E-state index in [4.69, 9.17) is 14.0 Å². The first-order valence-corrected chi connectivity index (χ1v) is 7.56. The molecule has 3 atom stereocenters. The first-order chi connectivity index (χ1) is 9.80. The Morgan fingerprint density at radius 2 is 2.20 bits per heavy atom. The first kappa shape index (κ1) is 15.4. The molecule has 1 fully saturated rings. The van der Waals surface area contributed by atoms with E-state index in [2.05, 4.69) is 29.3 Å². The topological polar surface area (TPSA) is 69.4 Å². The molecule has 0 amide bonds. The Morgan fingerprint density at radius 3 is 2.90 bits per heavy atom. The molecule has 1 N–H and O–H groups in total. The highest BCUT2D eigenvalue weighted by molar-refractivity contribution is 5.03. The summed E-state index contributed by atoms with van der Waals surface area (Å²) in [5.74, 6) is 1.44. The van der Waals surface area contributed by atoms with Gasteiger partial charge in [-0.3, -0.25) is 0 Å². The second-order valence-corrected chi connectivity index (χ2v) is 5.05. The molecule has 1 aliphatic rings. The average Bonchev–Trinajstić information content (AvgIpc) is 3.10. The second kappa shape index (κ2) is 7.71. The van der Waals surface area contributed by atoms with Crippen LogP contribution in [0.2, 0.25) is 0 Å². The number of hydrogen-bond donors (Lipinski definition) is 1. The zero-order valence-electron chi connectivity index (χ0n) is 12.6. The smallest absolute Gasteiger partial charge is 0.233 e. The maximum atomic E-state index is 5.61. The van der Waals surface area contributed by atoms with E-state index in [0.717, 1.165) is 19.4 Å². The van der Waals surface area contributed by atoms with Crippen LogP contribution in [0, 0.1) is 0 Å². The number of rotatable bonds is 8. The summed E-state index contributed by atoms with van der Waals surface area (Å²) in [4.78, 5) is 4.52. The first-order valence-electron chi connectivity index (χ1n) is 7.56. The SMILES string of the molecule is CCCNC1COCC1c1nc(C(CC)OCC)no1. The molecule has 1 aliphatic heterocycles. The predicted molar refractivity (Wildman–Crippen MR) is 74.6 cm³/mol. The molecule has 2 rings (SSSR count). The van der Waals surface area contributed by atoms with E-state index < -0.39 is 0 Å². The zero-order valence-corrected chi connectivity index (χ0v) is 12.6. The summed E-state index contributed by atoms with van der Waals surface area (Å²) in [5.41, 5.74) is 0. The van der Waals surface area contributed by atoms with Crippen molar-refractivity contribution in [1.82, 2.24) is 15.5 Å². The number of ether oxygens (including phenoxy) is 2. The van der Waals surface area contributed by atoms with Crippen LogP contribution in [0.3, 0.4) is 0 Å². The molecule has 0 aromatic carbocycles. The molecule has 0 bridgehead atoms. The van der Waals surface area contributed by atoms with Crippen LogP contribution in [0.5, 0.6) is 0 Å². The van der Waals surface area contributed by atoms with Crippen molar-refractivity contribution in [3.05, 3.63) is 11.7 Å². The van der Waals surface area contributed by atoms with E-state index in [1.54, 1.807) is 0 Å². The summed E-state index contributed by atoms with van der Waals surface area (Å²) in [6.07, 6.45) is 1.85. The van der Waals surface area contributed by atoms with Gasteiger partial charge in [-0.05, 0) is 26.3 Å². The Labute approximate surface area is 120 Å². The van der Waals surface area contributed by atoms with Crippen molar-refractivity contribution >= 4 is 0 Å². The Bertz CT molecular complexity index is 397. The number of nitrogens with zero attached hydrogens (tertiary/aromatic N) is 2. The minimum Gasteiger partial charge on any atom is -0.379 e. The maximum absolute atomic E-state index is 5.61. The summed E-state index contributed by atoms with van der Waals surface area (Å²) in [5, 5.41) is 7.54. The Hall–Kier alpha value is -0.980. The van der Waals surface area contributed by atoms with Crippen LogP contribution in [0.4, 0.5) is 0 Å². The molecule has 1 aromatic heterocycles. The fraction of sp³-hybridized carbons (Fsp3) is 0.857. The van der Waals surface area contributed by atoms with Crippen molar-refractivity contribution in [3.63, 3.8) is 0 Å². The van der Waals surface area contributed by atoms with Crippen molar-refractivity contribution in [1.29, 1.82) is 0 Å². The van der Waals surface area contributed by atoms with Gasteiger partial charge < -0.3 is 19.3 Å². The summed E-state index contributed by atoms with van der Waals surface area (Å²) in [6, 6.07) is 0.260. The molecule has 3 unspecified atom stereocenters. The van der Waals surface area contributed by atoms with Crippen LogP contribution in [0.1, 0.15) is 57.3 Å². The predicted octanol–water partition coefficient (Wildman–Crippen LogP) is 2.04. The third-order valence-corrected chi connectivity index (χ3v) is 3.54. The molecule has 1 aromatic rings. The average molecular weight is 283 g/mol. The Balaban J connectivity index is 2.03. The summed E-state index contributed by atoms with van der Waals surface area (Å²) in [7, 11) is 0. The maximum Gasteiger partial charge on any atom is 0.233 e. The van der Waals surface area contributed by atoms with E-state index in [-0.39, 0.29) is 18.1 Å². The molecule has 1 saturated heterocycles. The largest absolute Gasteiger partial charge is 0.379 e. The van der Waals surface area contributed by atoms with Crippen molar-refractivity contribution in [3.8, 4) is 0 Å². The Morgan fingerprint density at radius 1 is 1.35 bits per heavy atom. The summed E-state index contributed by atoms with van der Waals surface area (Å²) < 4.78 is 16.6. The van der Waals surface area contributed by atoms with Crippen LogP contribution in [-0.2, 0) is 9.47 Å². The highest BCUT2D eigenvalue weighted by Gasteiger charge is 2.34. The fourth-order valence-corrected chi connectivity index (χ4v) is 2.43. The van der Waals surface area contributed by atoms with Crippen LogP contribution >= 0.6 is 0 Å². The molecule has 0 spiro atoms. The van der Waals surface area contributed by atoms with Gasteiger partial charge in [-0.25, -0.2) is 0 Å². The van der Waals surface area contributed by atoms with Crippen molar-refractivity contribution < 1.29 is 14.0 Å². The van der Waals surface area contributed by atoms with Gasteiger partial charge >= 0.3 is 0 Å². The van der Waals surface area contributed by atoms with Crippen LogP contribution in [-0.4, -0.2) is 42.5 Å². The lowest BCUT2D eigenvalue weighted by atomic mass is 10.0. The number of nitrogens with one attached hydrogen (secondary N) is 1. The lowest BCUT2D eigenvalue weighted by Crippen LogP contribution is -2.35. The monoisotopic (exact) mass is 283 g/mol. The zero-order chi connectivity index (χ0) is 14.4. The van der Waals surface area contributed by atoms with E-state index in [1.807, 2.05) is 6.92 Å². The standard InChI is InChI=1S/C14H25N3O3/c1-4-7-15-11-9-18-8-10(11)14-16-13(17-20-14)12(5-2)19-6-3/h10-12,15H,4-9H2,1-3H3. The summed E-state index contributed by atoms with van der Waals surface area (Å²) >= 11 is 0. The molecule has 114 valence electrons. The van der Waals surface area contributed by atoms with E-state index >= 15 is 0 Å². The molecule has 0 saturated carbocycles. The third kappa shape index (κ3) is 3.56. The lowest BCUT2D eigenvalue weighted by Gasteiger charge is -2.15. The highest BCUT2D eigenvalue weighted by atomic mass is 16.5. The third-order valence-electron chi connectivity index (χ3n) is 3.54. The summed E-state index contributed by atoms with van der Waals surface area (Å²) in [6.45, 7) is 9.13. The lowest BCUT2D eigenvalue weighted by molar-refractivity contribution is 0.0518. The molecule has 6 nitrogen and oxygen atoms in total. The van der Waals surface area contributed by atoms with Gasteiger partial charge in [-0.15, -0.1) is 0 Å². The van der Waals surface area contributed by atoms with E-state index in [1.165, 1.54) is 0 Å². The van der Waals surface area contributed by atoms with Gasteiger partial charge in [0.05, 0.1) is 19.1 Å². The highest BCUT2D eigenvalue weighted by Crippen LogP contribution is 2.26. The molecule has 0 radical (unpaired) electrons. The number of hydrogen-bond acceptors (Lipinski definition) is 6. The van der Waals surface area contributed by atoms with Crippen LogP contribution in [0.15, 0.2) is 4.52 Å². The van der Waals surface area contributed by atoms with Crippen molar-refractivity contribution in [2.24, 2.45) is 0 Å². The molecule has 2 heterocycles. The molecule has 6 heteroatoms. The van der Waals surface area contributed by atoms with Gasteiger partial charge in [0.1, 0.15) is 6.10 Å². The van der Waals surface area contributed by atoms with Gasteiger partial charge in [-0.2, -0.15) is 4.98 Å². The minimum absolute atomic E-state index is 0.0816. The molecular weight excluding hydrogens is 258 g/mol. The van der Waals surface area contributed by atoms with Gasteiger partial charge in [-0.1, -0.05) is 19.0 Å². The quantitative estimate of drug-likeness (QED) is 0.787. The van der Waals surface area contributed by atoms with E-state index in [9.17, 15) is 0 Å². The van der Waals surface area contributed by atoms with Crippen molar-refractivity contribution in [2.45, 2.75) is 51.7 Å². The van der Waals surface area contributed by atoms with Crippen LogP contribution < -0.4 is 5.32 Å². The van der Waals surface area contributed by atoms with Gasteiger partial charge in [0, 0.05) is 12.6 Å². The second-order valence-electron chi connectivity index (χ2n) is 5.05. The molecule has 20 heavy (non-hydrogen) atoms. The molecule has 0 aliphatic carbocycles. The normalized spacial score (nSPS) is 24.1. The molecular formula is C14H25N3O3. The van der Waals surface area contributed by atoms with Crippen LogP contribution in [0.25, 0.3) is 0 Å². The minimum atomic E-state index is -0.0816. The van der Waals surface area contributed by atoms with Crippen molar-refractivity contribution in [2.75, 3.05) is 26.4 Å². The van der Waals surface area contributed by atoms with Gasteiger partial charge in [0.15, 0.2) is 0 Å². The van der Waals surface area contributed by atoms with Gasteiger partial charge in [0.2, 0.25) is 11.7 Å². The van der Waals surface area contributed by atoms with Gasteiger partial charge in [0.25, 0.3) is 0 Å². The Kier molecular flexibility index (Phi) is 5.94. The fourth-order valence-electron chi connectivity index (χ4n) is 2.43. The number of aromatic nitrogens is 2. The van der Waals surface area contributed by atoms with E-state index in [0.29, 0.717) is 31.5 Å².